The minimum Gasteiger partial charge on any atom is -0.497 e. The minimum absolute atomic E-state index is 0.114. The summed E-state index contributed by atoms with van der Waals surface area (Å²) in [6.07, 6.45) is 0. The van der Waals surface area contributed by atoms with E-state index < -0.39 is 0 Å². The fraction of sp³-hybridized carbons (Fsp3) is 0.238. The van der Waals surface area contributed by atoms with Gasteiger partial charge in [0.1, 0.15) is 17.3 Å². The van der Waals surface area contributed by atoms with E-state index in [0.717, 1.165) is 11.3 Å². The molecule has 1 heterocycles. The zero-order chi connectivity index (χ0) is 19.4. The standard InChI is InChI=1S/C21H22FN3O2/c1-4-24(5-2)21(26)20-14-19(15-6-12-18(27-3)13-7-15)23-25(20)17-10-8-16(22)9-11-17/h6-14H,4-5H2,1-3H3. The molecule has 1 amide bonds. The van der Waals surface area contributed by atoms with Gasteiger partial charge in [-0.05, 0) is 68.4 Å². The second kappa shape index (κ2) is 8.03. The van der Waals surface area contributed by atoms with E-state index in [1.807, 2.05) is 38.1 Å². The van der Waals surface area contributed by atoms with Crippen LogP contribution in [0.4, 0.5) is 4.39 Å². The first kappa shape index (κ1) is 18.6. The van der Waals surface area contributed by atoms with Gasteiger partial charge in [0.2, 0.25) is 0 Å². The smallest absolute Gasteiger partial charge is 0.272 e. The SMILES string of the molecule is CCN(CC)C(=O)c1cc(-c2ccc(OC)cc2)nn1-c1ccc(F)cc1. The lowest BCUT2D eigenvalue weighted by molar-refractivity contribution is 0.0764. The average Bonchev–Trinajstić information content (AvgIpc) is 3.15. The van der Waals surface area contributed by atoms with Crippen molar-refractivity contribution in [2.75, 3.05) is 20.2 Å². The number of amides is 1. The van der Waals surface area contributed by atoms with Crippen LogP contribution in [0.2, 0.25) is 0 Å². The molecule has 3 aromatic rings. The van der Waals surface area contributed by atoms with E-state index in [1.54, 1.807) is 34.9 Å². The summed E-state index contributed by atoms with van der Waals surface area (Å²) in [5, 5.41) is 4.61. The molecule has 0 unspecified atom stereocenters. The van der Waals surface area contributed by atoms with E-state index in [0.29, 0.717) is 30.2 Å². The van der Waals surface area contributed by atoms with Crippen LogP contribution in [-0.4, -0.2) is 40.8 Å². The fourth-order valence-electron chi connectivity index (χ4n) is 2.89. The maximum Gasteiger partial charge on any atom is 0.272 e. The summed E-state index contributed by atoms with van der Waals surface area (Å²) in [5.74, 6) is 0.297. The molecule has 0 N–H and O–H groups in total. The van der Waals surface area contributed by atoms with Gasteiger partial charge in [0.25, 0.3) is 5.91 Å². The Balaban J connectivity index is 2.10. The molecule has 0 saturated carbocycles. The summed E-state index contributed by atoms with van der Waals surface area (Å²) in [4.78, 5) is 14.7. The number of nitrogens with zero attached hydrogens (tertiary/aromatic N) is 3. The number of rotatable bonds is 6. The normalized spacial score (nSPS) is 10.7. The van der Waals surface area contributed by atoms with Crippen molar-refractivity contribution in [1.82, 2.24) is 14.7 Å². The molecule has 0 radical (unpaired) electrons. The highest BCUT2D eigenvalue weighted by atomic mass is 19.1. The highest BCUT2D eigenvalue weighted by Crippen LogP contribution is 2.25. The Hall–Kier alpha value is -3.15. The lowest BCUT2D eigenvalue weighted by Crippen LogP contribution is -2.32. The van der Waals surface area contributed by atoms with E-state index in [-0.39, 0.29) is 11.7 Å². The Morgan fingerprint density at radius 3 is 2.26 bits per heavy atom. The van der Waals surface area contributed by atoms with Gasteiger partial charge in [0.15, 0.2) is 0 Å². The number of ether oxygens (including phenoxy) is 1. The van der Waals surface area contributed by atoms with Gasteiger partial charge in [-0.1, -0.05) is 0 Å². The number of hydrogen-bond acceptors (Lipinski definition) is 3. The summed E-state index contributed by atoms with van der Waals surface area (Å²) in [6, 6.07) is 15.2. The van der Waals surface area contributed by atoms with E-state index in [9.17, 15) is 9.18 Å². The van der Waals surface area contributed by atoms with Crippen molar-refractivity contribution in [3.8, 4) is 22.7 Å². The first-order valence-electron chi connectivity index (χ1n) is 8.87. The van der Waals surface area contributed by atoms with Gasteiger partial charge in [0, 0.05) is 18.7 Å². The van der Waals surface area contributed by atoms with E-state index in [1.165, 1.54) is 12.1 Å². The van der Waals surface area contributed by atoms with Crippen LogP contribution in [-0.2, 0) is 0 Å². The van der Waals surface area contributed by atoms with E-state index >= 15 is 0 Å². The fourth-order valence-corrected chi connectivity index (χ4v) is 2.89. The van der Waals surface area contributed by atoms with Crippen molar-refractivity contribution in [2.24, 2.45) is 0 Å². The number of carbonyl (C=O) groups excluding carboxylic acids is 1. The molecule has 0 atom stereocenters. The molecule has 0 aliphatic carbocycles. The van der Waals surface area contributed by atoms with Crippen LogP contribution < -0.4 is 4.74 Å². The van der Waals surface area contributed by atoms with Crippen molar-refractivity contribution >= 4 is 5.91 Å². The zero-order valence-electron chi connectivity index (χ0n) is 15.6. The molecule has 6 heteroatoms. The maximum absolute atomic E-state index is 13.3. The Kier molecular flexibility index (Phi) is 5.54. The summed E-state index contributed by atoms with van der Waals surface area (Å²) >= 11 is 0. The molecule has 140 valence electrons. The maximum atomic E-state index is 13.3. The average molecular weight is 367 g/mol. The Morgan fingerprint density at radius 2 is 1.70 bits per heavy atom. The molecule has 5 nitrogen and oxygen atoms in total. The second-order valence-electron chi connectivity index (χ2n) is 6.01. The molecule has 0 spiro atoms. The largest absolute Gasteiger partial charge is 0.497 e. The summed E-state index contributed by atoms with van der Waals surface area (Å²) in [5.41, 5.74) is 2.60. The first-order chi connectivity index (χ1) is 13.1. The highest BCUT2D eigenvalue weighted by molar-refractivity contribution is 5.94. The van der Waals surface area contributed by atoms with Crippen molar-refractivity contribution in [3.05, 3.63) is 66.1 Å². The number of benzene rings is 2. The van der Waals surface area contributed by atoms with Gasteiger partial charge in [-0.2, -0.15) is 5.10 Å². The van der Waals surface area contributed by atoms with Gasteiger partial charge >= 0.3 is 0 Å². The lowest BCUT2D eigenvalue weighted by Gasteiger charge is -2.19. The van der Waals surface area contributed by atoms with Gasteiger partial charge in [-0.3, -0.25) is 4.79 Å². The van der Waals surface area contributed by atoms with Crippen LogP contribution in [0, 0.1) is 5.82 Å². The number of methoxy groups -OCH3 is 1. The third kappa shape index (κ3) is 3.84. The second-order valence-corrected chi connectivity index (χ2v) is 6.01. The van der Waals surface area contributed by atoms with E-state index in [4.69, 9.17) is 4.74 Å². The molecule has 1 aromatic heterocycles. The van der Waals surface area contributed by atoms with Crippen LogP contribution in [0.15, 0.2) is 54.6 Å². The van der Waals surface area contributed by atoms with E-state index in [2.05, 4.69) is 5.10 Å². The van der Waals surface area contributed by atoms with Crippen molar-refractivity contribution in [3.63, 3.8) is 0 Å². The molecule has 0 fully saturated rings. The molecule has 27 heavy (non-hydrogen) atoms. The molecule has 2 aromatic carbocycles. The number of aromatic nitrogens is 2. The minimum atomic E-state index is -0.335. The monoisotopic (exact) mass is 367 g/mol. The summed E-state index contributed by atoms with van der Waals surface area (Å²) < 4.78 is 20.1. The Bertz CT molecular complexity index is 914. The lowest BCUT2D eigenvalue weighted by atomic mass is 10.1. The number of carbonyl (C=O) groups is 1. The zero-order valence-corrected chi connectivity index (χ0v) is 15.6. The molecule has 0 aliphatic rings. The molecular weight excluding hydrogens is 345 g/mol. The van der Waals surface area contributed by atoms with Gasteiger partial charge in [-0.25, -0.2) is 9.07 Å². The third-order valence-electron chi connectivity index (χ3n) is 4.44. The van der Waals surface area contributed by atoms with Gasteiger partial charge in [-0.15, -0.1) is 0 Å². The Morgan fingerprint density at radius 1 is 1.07 bits per heavy atom. The third-order valence-corrected chi connectivity index (χ3v) is 4.44. The molecule has 3 rings (SSSR count). The molecule has 0 saturated heterocycles. The predicted octanol–water partition coefficient (Wildman–Crippen LogP) is 4.17. The highest BCUT2D eigenvalue weighted by Gasteiger charge is 2.21. The molecular formula is C21H22FN3O2. The number of halogens is 1. The van der Waals surface area contributed by atoms with Gasteiger partial charge < -0.3 is 9.64 Å². The molecule has 0 bridgehead atoms. The van der Waals surface area contributed by atoms with Crippen molar-refractivity contribution in [1.29, 1.82) is 0 Å². The van der Waals surface area contributed by atoms with Crippen molar-refractivity contribution in [2.45, 2.75) is 13.8 Å². The van der Waals surface area contributed by atoms with Crippen LogP contribution in [0.25, 0.3) is 16.9 Å². The topological polar surface area (TPSA) is 47.4 Å². The quantitative estimate of drug-likeness (QED) is 0.657. The van der Waals surface area contributed by atoms with Crippen LogP contribution in [0.3, 0.4) is 0 Å². The molecule has 0 aliphatic heterocycles. The van der Waals surface area contributed by atoms with Crippen LogP contribution >= 0.6 is 0 Å². The number of hydrogen-bond donors (Lipinski definition) is 0. The predicted molar refractivity (Wildman–Crippen MR) is 103 cm³/mol. The van der Waals surface area contributed by atoms with Crippen molar-refractivity contribution < 1.29 is 13.9 Å². The summed E-state index contributed by atoms with van der Waals surface area (Å²) in [6.45, 7) is 5.07. The van der Waals surface area contributed by atoms with Gasteiger partial charge in [0.05, 0.1) is 18.5 Å². The Labute approximate surface area is 158 Å². The van der Waals surface area contributed by atoms with Crippen LogP contribution in [0.1, 0.15) is 24.3 Å². The summed E-state index contributed by atoms with van der Waals surface area (Å²) in [7, 11) is 1.61. The first-order valence-corrected chi connectivity index (χ1v) is 8.87. The van der Waals surface area contributed by atoms with Crippen LogP contribution in [0.5, 0.6) is 5.75 Å².